The number of benzene rings is 2. The minimum Gasteiger partial charge on any atom is -0.398 e. The maximum absolute atomic E-state index is 6.04. The topological polar surface area (TPSA) is 30.9 Å². The SMILES string of the molecule is Nc1cccc2c1ccn2CC1CSc2ccccc21. The highest BCUT2D eigenvalue weighted by molar-refractivity contribution is 7.99. The van der Waals surface area contributed by atoms with Crippen molar-refractivity contribution in [2.75, 3.05) is 11.5 Å². The van der Waals surface area contributed by atoms with Crippen molar-refractivity contribution in [3.05, 3.63) is 60.3 Å². The third-order valence-corrected chi connectivity index (χ3v) is 5.32. The summed E-state index contributed by atoms with van der Waals surface area (Å²) in [5.74, 6) is 1.76. The Labute approximate surface area is 122 Å². The van der Waals surface area contributed by atoms with Gasteiger partial charge in [-0.25, -0.2) is 0 Å². The molecule has 0 saturated heterocycles. The van der Waals surface area contributed by atoms with Gasteiger partial charge in [-0.1, -0.05) is 24.3 Å². The molecule has 0 radical (unpaired) electrons. The number of nitrogens with two attached hydrogens (primary N) is 1. The molecule has 1 aliphatic rings. The van der Waals surface area contributed by atoms with Crippen LogP contribution in [0.1, 0.15) is 11.5 Å². The van der Waals surface area contributed by atoms with Gasteiger partial charge in [0.2, 0.25) is 0 Å². The van der Waals surface area contributed by atoms with Gasteiger partial charge < -0.3 is 10.3 Å². The fourth-order valence-electron chi connectivity index (χ4n) is 3.02. The summed E-state index contributed by atoms with van der Waals surface area (Å²) in [7, 11) is 0. The van der Waals surface area contributed by atoms with Crippen molar-refractivity contribution in [3.8, 4) is 0 Å². The average Bonchev–Trinajstić information content (AvgIpc) is 3.06. The lowest BCUT2D eigenvalue weighted by molar-refractivity contribution is 0.623. The average molecular weight is 280 g/mol. The van der Waals surface area contributed by atoms with Crippen molar-refractivity contribution < 1.29 is 0 Å². The second kappa shape index (κ2) is 4.60. The summed E-state index contributed by atoms with van der Waals surface area (Å²) in [6.45, 7) is 1.02. The molecule has 0 amide bonds. The monoisotopic (exact) mass is 280 g/mol. The van der Waals surface area contributed by atoms with Crippen LogP contribution in [0.25, 0.3) is 10.9 Å². The van der Waals surface area contributed by atoms with Crippen LogP contribution < -0.4 is 5.73 Å². The molecule has 2 N–H and O–H groups in total. The van der Waals surface area contributed by atoms with Gasteiger partial charge in [0.15, 0.2) is 0 Å². The largest absolute Gasteiger partial charge is 0.398 e. The van der Waals surface area contributed by atoms with E-state index < -0.39 is 0 Å². The van der Waals surface area contributed by atoms with Crippen LogP contribution in [0.3, 0.4) is 0 Å². The second-order valence-electron chi connectivity index (χ2n) is 5.29. The molecule has 0 saturated carbocycles. The molecule has 2 heterocycles. The van der Waals surface area contributed by atoms with E-state index in [4.69, 9.17) is 5.73 Å². The van der Waals surface area contributed by atoms with E-state index in [1.807, 2.05) is 23.9 Å². The predicted octanol–water partition coefficient (Wildman–Crippen LogP) is 4.11. The molecule has 2 aromatic carbocycles. The molecule has 1 aromatic heterocycles. The fourth-order valence-corrected chi connectivity index (χ4v) is 4.27. The zero-order valence-electron chi connectivity index (χ0n) is 11.1. The number of hydrogen-bond acceptors (Lipinski definition) is 2. The summed E-state index contributed by atoms with van der Waals surface area (Å²) < 4.78 is 2.33. The number of aromatic nitrogens is 1. The molecule has 1 atom stereocenters. The Balaban J connectivity index is 1.71. The molecule has 1 aliphatic heterocycles. The standard InChI is InChI=1S/C17H16N2S/c18-15-5-3-6-16-14(15)8-9-19(16)10-12-11-20-17-7-2-1-4-13(12)17/h1-9,12H,10-11,18H2. The minimum atomic E-state index is 0.591. The number of thioether (sulfide) groups is 1. The molecule has 0 aliphatic carbocycles. The second-order valence-corrected chi connectivity index (χ2v) is 6.36. The number of nitrogen functional groups attached to an aromatic ring is 1. The minimum absolute atomic E-state index is 0.591. The Hall–Kier alpha value is -1.87. The molecule has 0 fully saturated rings. The molecular formula is C17H16N2S. The lowest BCUT2D eigenvalue weighted by Gasteiger charge is -2.13. The van der Waals surface area contributed by atoms with Gasteiger partial charge in [-0.3, -0.25) is 0 Å². The summed E-state index contributed by atoms with van der Waals surface area (Å²) in [6, 6.07) is 17.0. The summed E-state index contributed by atoms with van der Waals surface area (Å²) in [5.41, 5.74) is 9.62. The lowest BCUT2D eigenvalue weighted by atomic mass is 10.0. The Morgan fingerprint density at radius 2 is 2.00 bits per heavy atom. The lowest BCUT2D eigenvalue weighted by Crippen LogP contribution is -2.07. The smallest absolute Gasteiger partial charge is 0.0501 e. The van der Waals surface area contributed by atoms with E-state index in [1.54, 1.807) is 0 Å². The summed E-state index contributed by atoms with van der Waals surface area (Å²) >= 11 is 1.97. The molecule has 0 spiro atoms. The number of hydrogen-bond donors (Lipinski definition) is 1. The molecule has 3 heteroatoms. The van der Waals surface area contributed by atoms with Crippen molar-refractivity contribution in [1.29, 1.82) is 0 Å². The van der Waals surface area contributed by atoms with Crippen molar-refractivity contribution >= 4 is 28.4 Å². The molecule has 2 nitrogen and oxygen atoms in total. The van der Waals surface area contributed by atoms with Gasteiger partial charge in [-0.15, -0.1) is 11.8 Å². The highest BCUT2D eigenvalue weighted by atomic mass is 32.2. The van der Waals surface area contributed by atoms with Gasteiger partial charge in [0.1, 0.15) is 0 Å². The normalized spacial score (nSPS) is 17.5. The fraction of sp³-hybridized carbons (Fsp3) is 0.176. The number of nitrogens with zero attached hydrogens (tertiary/aromatic N) is 1. The maximum Gasteiger partial charge on any atom is 0.0501 e. The van der Waals surface area contributed by atoms with E-state index in [0.717, 1.165) is 17.6 Å². The summed E-state index contributed by atoms with van der Waals surface area (Å²) in [4.78, 5) is 1.44. The van der Waals surface area contributed by atoms with Crippen molar-refractivity contribution in [3.63, 3.8) is 0 Å². The summed E-state index contributed by atoms with van der Waals surface area (Å²) in [6.07, 6.45) is 2.16. The maximum atomic E-state index is 6.04. The van der Waals surface area contributed by atoms with Gasteiger partial charge >= 0.3 is 0 Å². The Morgan fingerprint density at radius 3 is 2.95 bits per heavy atom. The van der Waals surface area contributed by atoms with E-state index in [0.29, 0.717) is 5.92 Å². The quantitative estimate of drug-likeness (QED) is 0.716. The van der Waals surface area contributed by atoms with E-state index in [1.165, 1.54) is 21.7 Å². The van der Waals surface area contributed by atoms with Crippen LogP contribution in [-0.2, 0) is 6.54 Å². The molecule has 0 bridgehead atoms. The molecule has 100 valence electrons. The van der Waals surface area contributed by atoms with Crippen LogP contribution in [0.5, 0.6) is 0 Å². The van der Waals surface area contributed by atoms with Crippen molar-refractivity contribution in [2.24, 2.45) is 0 Å². The van der Waals surface area contributed by atoms with Crippen LogP contribution in [-0.4, -0.2) is 10.3 Å². The predicted molar refractivity (Wildman–Crippen MR) is 86.3 cm³/mol. The Morgan fingerprint density at radius 1 is 1.10 bits per heavy atom. The molecule has 1 unspecified atom stereocenters. The van der Waals surface area contributed by atoms with Crippen molar-refractivity contribution in [2.45, 2.75) is 17.4 Å². The van der Waals surface area contributed by atoms with Gasteiger partial charge in [-0.2, -0.15) is 0 Å². The van der Waals surface area contributed by atoms with Crippen LogP contribution in [0.4, 0.5) is 5.69 Å². The highest BCUT2D eigenvalue weighted by Gasteiger charge is 2.23. The molecule has 4 rings (SSSR count). The first kappa shape index (κ1) is 11.9. The molecule has 20 heavy (non-hydrogen) atoms. The number of anilines is 1. The van der Waals surface area contributed by atoms with Crippen LogP contribution in [0, 0.1) is 0 Å². The van der Waals surface area contributed by atoms with E-state index in [2.05, 4.69) is 47.2 Å². The zero-order chi connectivity index (χ0) is 13.5. The first-order valence-corrected chi connectivity index (χ1v) is 7.86. The summed E-state index contributed by atoms with van der Waals surface area (Å²) in [5, 5.41) is 1.16. The third-order valence-electron chi connectivity index (χ3n) is 4.06. The van der Waals surface area contributed by atoms with Gasteiger partial charge in [0.25, 0.3) is 0 Å². The highest BCUT2D eigenvalue weighted by Crippen LogP contribution is 2.40. The van der Waals surface area contributed by atoms with E-state index in [-0.39, 0.29) is 0 Å². The van der Waals surface area contributed by atoms with Crippen LogP contribution >= 0.6 is 11.8 Å². The zero-order valence-corrected chi connectivity index (χ0v) is 11.9. The Kier molecular flexibility index (Phi) is 2.74. The first-order chi connectivity index (χ1) is 9.83. The molecule has 3 aromatic rings. The van der Waals surface area contributed by atoms with E-state index in [9.17, 15) is 0 Å². The van der Waals surface area contributed by atoms with Gasteiger partial charge in [0, 0.05) is 40.4 Å². The van der Waals surface area contributed by atoms with Crippen LogP contribution in [0.2, 0.25) is 0 Å². The number of fused-ring (bicyclic) bond motifs is 2. The van der Waals surface area contributed by atoms with Gasteiger partial charge in [-0.05, 0) is 29.8 Å². The first-order valence-electron chi connectivity index (χ1n) is 6.88. The Bertz CT molecular complexity index is 776. The van der Waals surface area contributed by atoms with Crippen molar-refractivity contribution in [1.82, 2.24) is 4.57 Å². The third kappa shape index (κ3) is 1.81. The van der Waals surface area contributed by atoms with E-state index >= 15 is 0 Å². The van der Waals surface area contributed by atoms with Crippen LogP contribution in [0.15, 0.2) is 59.6 Å². The molecular weight excluding hydrogens is 264 g/mol. The van der Waals surface area contributed by atoms with Gasteiger partial charge in [0.05, 0.1) is 5.52 Å². The number of rotatable bonds is 2.